The third kappa shape index (κ3) is 6.70. The number of nitrogens with one attached hydrogen (secondary N) is 1. The maximum absolute atomic E-state index is 12.6. The lowest BCUT2D eigenvalue weighted by Gasteiger charge is -2.46. The van der Waals surface area contributed by atoms with E-state index in [1.165, 1.54) is 9.87 Å². The molecule has 0 spiro atoms. The molecule has 1 atom stereocenters. The van der Waals surface area contributed by atoms with Crippen LogP contribution in [0.2, 0.25) is 0 Å². The van der Waals surface area contributed by atoms with E-state index in [1.807, 2.05) is 0 Å². The van der Waals surface area contributed by atoms with Crippen LogP contribution in [0.15, 0.2) is 12.1 Å². The number of carboxylic acids is 1. The number of sulfonamides is 1. The maximum atomic E-state index is 12.6. The van der Waals surface area contributed by atoms with Crippen molar-refractivity contribution in [2.45, 2.75) is 69.6 Å². The van der Waals surface area contributed by atoms with E-state index < -0.39 is 33.8 Å². The number of carboxylic acid groups (broad SMARTS) is 1. The van der Waals surface area contributed by atoms with E-state index in [1.54, 1.807) is 6.92 Å². The number of anilines is 1. The first kappa shape index (κ1) is 27.6. The second-order valence-corrected chi connectivity index (χ2v) is 12.5. The Morgan fingerprint density at radius 2 is 2.05 bits per heavy atom. The highest BCUT2D eigenvalue weighted by Gasteiger charge is 2.48. The van der Waals surface area contributed by atoms with Crippen LogP contribution in [0.4, 0.5) is 10.6 Å². The first-order valence-corrected chi connectivity index (χ1v) is 14.5. The molecule has 0 bridgehead atoms. The fourth-order valence-corrected chi connectivity index (χ4v) is 6.20. The number of aliphatic hydroxyl groups is 1. The molecule has 0 unspecified atom stereocenters. The van der Waals surface area contributed by atoms with Crippen molar-refractivity contribution >= 4 is 28.0 Å². The summed E-state index contributed by atoms with van der Waals surface area (Å²) < 4.78 is 29.8. The molecule has 2 fully saturated rings. The van der Waals surface area contributed by atoms with Crippen LogP contribution in [0.3, 0.4) is 0 Å². The Labute approximate surface area is 216 Å². The zero-order chi connectivity index (χ0) is 26.8. The zero-order valence-corrected chi connectivity index (χ0v) is 22.1. The Bertz CT molecular complexity index is 1100. The molecule has 1 aromatic rings. The molecule has 37 heavy (non-hydrogen) atoms. The van der Waals surface area contributed by atoms with Crippen molar-refractivity contribution in [2.75, 3.05) is 37.8 Å². The predicted molar refractivity (Wildman–Crippen MR) is 133 cm³/mol. The van der Waals surface area contributed by atoms with Gasteiger partial charge in [0.1, 0.15) is 17.5 Å². The molecule has 12 nitrogen and oxygen atoms in total. The third-order valence-corrected chi connectivity index (χ3v) is 8.52. The molecule has 206 valence electrons. The number of hydrogen-bond donors (Lipinski definition) is 3. The minimum Gasteiger partial charge on any atom is -0.480 e. The summed E-state index contributed by atoms with van der Waals surface area (Å²) >= 11 is 0. The number of fused-ring (bicyclic) bond motifs is 1. The number of aliphatic hydroxyl groups excluding tert-OH is 1. The number of aromatic nitrogens is 1. The molecule has 3 N–H and O–H groups in total. The van der Waals surface area contributed by atoms with Crippen LogP contribution < -0.4 is 5.32 Å². The fraction of sp³-hybridized carbons (Fsp3) is 0.708. The summed E-state index contributed by atoms with van der Waals surface area (Å²) in [5.74, 6) is 0.0598. The van der Waals surface area contributed by atoms with E-state index in [-0.39, 0.29) is 32.2 Å². The van der Waals surface area contributed by atoms with Crippen LogP contribution >= 0.6 is 0 Å². The average Bonchev–Trinajstić information content (AvgIpc) is 2.78. The third-order valence-electron chi connectivity index (χ3n) is 7.33. The van der Waals surface area contributed by atoms with Crippen LogP contribution in [0.25, 0.3) is 0 Å². The van der Waals surface area contributed by atoms with Gasteiger partial charge in [-0.15, -0.1) is 5.06 Å². The van der Waals surface area contributed by atoms with Gasteiger partial charge in [-0.05, 0) is 69.4 Å². The Morgan fingerprint density at radius 1 is 1.32 bits per heavy atom. The summed E-state index contributed by atoms with van der Waals surface area (Å²) in [4.78, 5) is 34.6. The van der Waals surface area contributed by atoms with Crippen molar-refractivity contribution < 1.29 is 37.8 Å². The number of aliphatic carboxylic acids is 1. The van der Waals surface area contributed by atoms with Crippen LogP contribution in [0.1, 0.15) is 50.3 Å². The van der Waals surface area contributed by atoms with Gasteiger partial charge in [0.25, 0.3) is 0 Å². The molecule has 4 rings (SSSR count). The molecule has 1 aromatic heterocycles. The maximum Gasteiger partial charge on any atom is 0.528 e. The lowest BCUT2D eigenvalue weighted by atomic mass is 9.76. The van der Waals surface area contributed by atoms with Crippen LogP contribution in [0.5, 0.6) is 0 Å². The number of rotatable bonds is 11. The number of hydrogen-bond acceptors (Lipinski definition) is 10. The van der Waals surface area contributed by atoms with Crippen molar-refractivity contribution in [1.29, 1.82) is 0 Å². The molecular formula is C24H36N4O8S. The number of ether oxygens (including phenoxy) is 1. The molecule has 3 heterocycles. The molecule has 0 radical (unpaired) electrons. The highest BCUT2D eigenvalue weighted by molar-refractivity contribution is 7.88. The number of hydroxylamine groups is 2. The largest absolute Gasteiger partial charge is 0.528 e. The number of nitrogens with zero attached hydrogens (tertiary/aromatic N) is 3. The van der Waals surface area contributed by atoms with Crippen molar-refractivity contribution in [1.82, 2.24) is 14.4 Å². The average molecular weight is 541 g/mol. The Balaban J connectivity index is 1.32. The second-order valence-electron chi connectivity index (χ2n) is 10.5. The van der Waals surface area contributed by atoms with E-state index in [0.29, 0.717) is 18.8 Å². The van der Waals surface area contributed by atoms with Crippen LogP contribution in [0, 0.1) is 5.92 Å². The molecule has 1 aliphatic carbocycles. The van der Waals surface area contributed by atoms with E-state index >= 15 is 0 Å². The molecule has 2 aliphatic heterocycles. The van der Waals surface area contributed by atoms with Gasteiger partial charge in [-0.3, -0.25) is 4.79 Å². The zero-order valence-electron chi connectivity index (χ0n) is 21.3. The number of aryl methyl sites for hydroxylation is 2. The Kier molecular flexibility index (Phi) is 8.26. The normalized spacial score (nSPS) is 23.7. The van der Waals surface area contributed by atoms with Crippen LogP contribution in [-0.4, -0.2) is 95.3 Å². The lowest BCUT2D eigenvalue weighted by molar-refractivity contribution is -0.224. The quantitative estimate of drug-likeness (QED) is 0.275. The monoisotopic (exact) mass is 540 g/mol. The SMILES string of the molecule is CC1(OC(=O)ON(C2CC(CCc3ccc4c(n3)NCCC4)C2)[C@@H](CCO)C(=O)O)CN(S(C)(=O)=O)C1. The van der Waals surface area contributed by atoms with Crippen molar-refractivity contribution in [3.05, 3.63) is 23.4 Å². The summed E-state index contributed by atoms with van der Waals surface area (Å²) in [5.41, 5.74) is 1.19. The van der Waals surface area contributed by atoms with Crippen molar-refractivity contribution in [2.24, 2.45) is 5.92 Å². The summed E-state index contributed by atoms with van der Waals surface area (Å²) in [7, 11) is -3.40. The number of carbonyl (C=O) groups excluding carboxylic acids is 1. The standard InChI is InChI=1S/C24H36N4O8S/c1-24(14-27(15-24)37(2,33)34)35-23(32)36-28(20(9-11-29)22(30)31)19-12-16(13-19)5-7-18-8-6-17-4-3-10-25-21(17)26-18/h6,8,16,19-20,29H,3-5,7,9-15H2,1-2H3,(H,25,26)(H,30,31)/t16?,19?,20-/m0/s1. The van der Waals surface area contributed by atoms with E-state index in [0.717, 1.165) is 55.1 Å². The van der Waals surface area contributed by atoms with Gasteiger partial charge in [-0.2, -0.15) is 4.31 Å². The molecular weight excluding hydrogens is 504 g/mol. The summed E-state index contributed by atoms with van der Waals surface area (Å²) in [5, 5.41) is 23.6. The number of carbonyl (C=O) groups is 2. The first-order chi connectivity index (χ1) is 17.5. The minimum absolute atomic E-state index is 0.00230. The molecule has 0 amide bonds. The van der Waals surface area contributed by atoms with E-state index in [2.05, 4.69) is 17.4 Å². The van der Waals surface area contributed by atoms with Gasteiger partial charge in [-0.25, -0.2) is 18.2 Å². The first-order valence-electron chi connectivity index (χ1n) is 12.7. The minimum atomic E-state index is -3.40. The van der Waals surface area contributed by atoms with E-state index in [4.69, 9.17) is 14.6 Å². The van der Waals surface area contributed by atoms with Gasteiger partial charge in [0.2, 0.25) is 10.0 Å². The van der Waals surface area contributed by atoms with E-state index in [9.17, 15) is 28.2 Å². The molecule has 3 aliphatic rings. The summed E-state index contributed by atoms with van der Waals surface area (Å²) in [6.07, 6.45) is 4.94. The topological polar surface area (TPSA) is 159 Å². The highest BCUT2D eigenvalue weighted by Crippen LogP contribution is 2.37. The van der Waals surface area contributed by atoms with Gasteiger partial charge in [0.05, 0.1) is 19.3 Å². The number of pyridine rings is 1. The lowest BCUT2D eigenvalue weighted by Crippen LogP contribution is -2.63. The molecule has 13 heteroatoms. The van der Waals surface area contributed by atoms with Gasteiger partial charge in [-0.1, -0.05) is 6.07 Å². The van der Waals surface area contributed by atoms with Gasteiger partial charge < -0.3 is 25.1 Å². The Morgan fingerprint density at radius 3 is 2.70 bits per heavy atom. The smallest absolute Gasteiger partial charge is 0.480 e. The fourth-order valence-electron chi connectivity index (χ4n) is 5.18. The molecule has 1 saturated heterocycles. The van der Waals surface area contributed by atoms with Crippen molar-refractivity contribution in [3.63, 3.8) is 0 Å². The summed E-state index contributed by atoms with van der Waals surface area (Å²) in [6.45, 7) is 2.13. The second kappa shape index (κ2) is 11.1. The van der Waals surface area contributed by atoms with Gasteiger partial charge in [0, 0.05) is 24.9 Å². The van der Waals surface area contributed by atoms with Gasteiger partial charge in [0.15, 0.2) is 0 Å². The summed E-state index contributed by atoms with van der Waals surface area (Å²) in [6, 6.07) is 2.63. The molecule has 0 aromatic carbocycles. The predicted octanol–water partition coefficient (Wildman–Crippen LogP) is 1.39. The highest BCUT2D eigenvalue weighted by atomic mass is 32.2. The van der Waals surface area contributed by atoms with Crippen LogP contribution in [-0.2, 0) is 37.2 Å². The molecule has 1 saturated carbocycles. The van der Waals surface area contributed by atoms with Gasteiger partial charge >= 0.3 is 12.1 Å². The Hall–Kier alpha value is -2.48. The van der Waals surface area contributed by atoms with Crippen molar-refractivity contribution in [3.8, 4) is 0 Å².